The molecule has 0 heterocycles. The Labute approximate surface area is 174 Å². The van der Waals surface area contributed by atoms with Crippen molar-refractivity contribution in [2.45, 2.75) is 38.6 Å². The van der Waals surface area contributed by atoms with Crippen LogP contribution in [0.25, 0.3) is 0 Å². The van der Waals surface area contributed by atoms with Gasteiger partial charge in [-0.25, -0.2) is 13.4 Å². The number of hydrogen-bond donors (Lipinski definition) is 2. The first-order valence-electron chi connectivity index (χ1n) is 9.87. The number of benzene rings is 2. The number of guanidine groups is 1. The van der Waals surface area contributed by atoms with Crippen LogP contribution in [0.15, 0.2) is 52.4 Å². The normalized spacial score (nSPS) is 11.9. The number of hydrogen-bond acceptors (Lipinski definition) is 4. The predicted molar refractivity (Wildman–Crippen MR) is 118 cm³/mol. The zero-order chi connectivity index (χ0) is 21.3. The van der Waals surface area contributed by atoms with Crippen LogP contribution in [0.3, 0.4) is 0 Å². The summed E-state index contributed by atoms with van der Waals surface area (Å²) in [6.07, 6.45) is 2.05. The molecule has 0 aliphatic heterocycles. The molecule has 0 aromatic heterocycles. The molecular weight excluding hydrogens is 386 g/mol. The van der Waals surface area contributed by atoms with Gasteiger partial charge in [-0.1, -0.05) is 30.3 Å². The van der Waals surface area contributed by atoms with Crippen molar-refractivity contribution in [2.24, 2.45) is 4.99 Å². The van der Waals surface area contributed by atoms with Gasteiger partial charge in [-0.2, -0.15) is 0 Å². The first-order valence-corrected chi connectivity index (χ1v) is 11.8. The van der Waals surface area contributed by atoms with Crippen molar-refractivity contribution in [1.82, 2.24) is 10.6 Å². The molecule has 2 N–H and O–H groups in total. The molecule has 29 heavy (non-hydrogen) atoms. The molecule has 2 aromatic rings. The van der Waals surface area contributed by atoms with Crippen LogP contribution in [-0.4, -0.2) is 40.3 Å². The number of para-hydroxylation sites is 1. The third-order valence-electron chi connectivity index (χ3n) is 4.36. The molecule has 0 fully saturated rings. The van der Waals surface area contributed by atoms with Gasteiger partial charge in [0, 0.05) is 19.3 Å². The second-order valence-electron chi connectivity index (χ2n) is 6.78. The summed E-state index contributed by atoms with van der Waals surface area (Å²) in [4.78, 5) is 4.98. The lowest BCUT2D eigenvalue weighted by Gasteiger charge is -2.13. The lowest BCUT2D eigenvalue weighted by atomic mass is 10.1. The highest BCUT2D eigenvalue weighted by molar-refractivity contribution is 7.90. The van der Waals surface area contributed by atoms with Crippen LogP contribution in [-0.2, 0) is 22.8 Å². The molecule has 0 saturated heterocycles. The first kappa shape index (κ1) is 22.7. The third-order valence-corrected chi connectivity index (χ3v) is 5.62. The van der Waals surface area contributed by atoms with Crippen molar-refractivity contribution in [3.63, 3.8) is 0 Å². The van der Waals surface area contributed by atoms with Gasteiger partial charge in [-0.05, 0) is 56.0 Å². The molecule has 0 spiro atoms. The molecule has 2 aromatic carbocycles. The summed E-state index contributed by atoms with van der Waals surface area (Å²) in [6, 6.07) is 13.4. The number of ether oxygens (including phenoxy) is 1. The quantitative estimate of drug-likeness (QED) is 0.484. The molecule has 0 atom stereocenters. The Bertz CT molecular complexity index is 940. The summed E-state index contributed by atoms with van der Waals surface area (Å²) < 4.78 is 29.2. The van der Waals surface area contributed by atoms with E-state index in [1.165, 1.54) is 6.26 Å². The average Bonchev–Trinajstić information content (AvgIpc) is 2.66. The first-order chi connectivity index (χ1) is 13.8. The van der Waals surface area contributed by atoms with E-state index in [2.05, 4.69) is 21.7 Å². The molecule has 0 radical (unpaired) electrons. The van der Waals surface area contributed by atoms with Crippen molar-refractivity contribution in [3.8, 4) is 5.75 Å². The second kappa shape index (κ2) is 10.9. The molecule has 158 valence electrons. The van der Waals surface area contributed by atoms with Crippen LogP contribution in [0.1, 0.15) is 30.5 Å². The minimum absolute atomic E-state index is 0.364. The van der Waals surface area contributed by atoms with Gasteiger partial charge in [0.1, 0.15) is 5.75 Å². The molecule has 0 bridgehead atoms. The van der Waals surface area contributed by atoms with Gasteiger partial charge in [0.15, 0.2) is 15.8 Å². The standard InChI is InChI=1S/C22H31N3O3S/c1-5-23-22(24-14-13-19-9-7-8-10-20(19)28-6-2)25-16-18-11-12-21(17(3)15-18)29(4,26)27/h7-12,15H,5-6,13-14,16H2,1-4H3,(H2,23,24,25). The number of nitrogens with one attached hydrogen (secondary N) is 2. The van der Waals surface area contributed by atoms with Gasteiger partial charge < -0.3 is 15.4 Å². The Kier molecular flexibility index (Phi) is 8.51. The topological polar surface area (TPSA) is 79.8 Å². The Morgan fingerprint density at radius 1 is 1.10 bits per heavy atom. The van der Waals surface area contributed by atoms with E-state index < -0.39 is 9.84 Å². The van der Waals surface area contributed by atoms with E-state index in [4.69, 9.17) is 4.74 Å². The highest BCUT2D eigenvalue weighted by atomic mass is 32.2. The number of nitrogens with zero attached hydrogens (tertiary/aromatic N) is 1. The van der Waals surface area contributed by atoms with E-state index in [9.17, 15) is 8.42 Å². The molecule has 2 rings (SSSR count). The summed E-state index contributed by atoms with van der Waals surface area (Å²) in [5.41, 5.74) is 2.86. The Morgan fingerprint density at radius 3 is 2.52 bits per heavy atom. The largest absolute Gasteiger partial charge is 0.494 e. The lowest BCUT2D eigenvalue weighted by Crippen LogP contribution is -2.38. The summed E-state index contributed by atoms with van der Waals surface area (Å²) in [5.74, 6) is 1.64. The van der Waals surface area contributed by atoms with Gasteiger partial charge in [-0.15, -0.1) is 0 Å². The summed E-state index contributed by atoms with van der Waals surface area (Å²) >= 11 is 0. The Hall–Kier alpha value is -2.54. The number of sulfone groups is 1. The van der Waals surface area contributed by atoms with Crippen LogP contribution in [0.5, 0.6) is 5.75 Å². The smallest absolute Gasteiger partial charge is 0.191 e. The minimum Gasteiger partial charge on any atom is -0.494 e. The van der Waals surface area contributed by atoms with Crippen molar-refractivity contribution in [1.29, 1.82) is 0 Å². The number of aryl methyl sites for hydroxylation is 1. The van der Waals surface area contributed by atoms with Crippen molar-refractivity contribution < 1.29 is 13.2 Å². The van der Waals surface area contributed by atoms with Crippen LogP contribution < -0.4 is 15.4 Å². The van der Waals surface area contributed by atoms with Crippen LogP contribution in [0.2, 0.25) is 0 Å². The molecule has 7 heteroatoms. The summed E-state index contributed by atoms with van der Waals surface area (Å²) in [6.45, 7) is 8.40. The highest BCUT2D eigenvalue weighted by Crippen LogP contribution is 2.18. The fourth-order valence-corrected chi connectivity index (χ4v) is 4.02. The molecule has 0 aliphatic rings. The fraction of sp³-hybridized carbons (Fsp3) is 0.409. The third kappa shape index (κ3) is 7.09. The van der Waals surface area contributed by atoms with Crippen LogP contribution in [0.4, 0.5) is 0 Å². The Morgan fingerprint density at radius 2 is 1.86 bits per heavy atom. The molecule has 0 unspecified atom stereocenters. The number of rotatable bonds is 9. The van der Waals surface area contributed by atoms with E-state index in [0.717, 1.165) is 47.9 Å². The van der Waals surface area contributed by atoms with E-state index >= 15 is 0 Å². The van der Waals surface area contributed by atoms with E-state index in [1.807, 2.05) is 51.1 Å². The molecule has 0 amide bonds. The zero-order valence-electron chi connectivity index (χ0n) is 17.7. The van der Waals surface area contributed by atoms with E-state index in [1.54, 1.807) is 6.07 Å². The van der Waals surface area contributed by atoms with E-state index in [-0.39, 0.29) is 0 Å². The molecule has 6 nitrogen and oxygen atoms in total. The van der Waals surface area contributed by atoms with Gasteiger partial charge in [0.25, 0.3) is 0 Å². The van der Waals surface area contributed by atoms with E-state index in [0.29, 0.717) is 18.0 Å². The van der Waals surface area contributed by atoms with Crippen molar-refractivity contribution in [3.05, 3.63) is 59.2 Å². The summed E-state index contributed by atoms with van der Waals surface area (Å²) in [5, 5.41) is 6.59. The predicted octanol–water partition coefficient (Wildman–Crippen LogP) is 3.10. The van der Waals surface area contributed by atoms with Crippen molar-refractivity contribution >= 4 is 15.8 Å². The summed E-state index contributed by atoms with van der Waals surface area (Å²) in [7, 11) is -3.21. The van der Waals surface area contributed by atoms with Crippen LogP contribution in [0, 0.1) is 6.92 Å². The maximum atomic E-state index is 11.8. The second-order valence-corrected chi connectivity index (χ2v) is 8.77. The lowest BCUT2D eigenvalue weighted by molar-refractivity contribution is 0.336. The van der Waals surface area contributed by atoms with Crippen molar-refractivity contribution in [2.75, 3.05) is 26.0 Å². The number of aliphatic imine (C=N–C) groups is 1. The minimum atomic E-state index is -3.21. The van der Waals surface area contributed by atoms with Gasteiger partial charge in [-0.3, -0.25) is 0 Å². The SMILES string of the molecule is CCNC(=NCc1ccc(S(C)(=O)=O)c(C)c1)NCCc1ccccc1OCC. The maximum Gasteiger partial charge on any atom is 0.191 e. The maximum absolute atomic E-state index is 11.8. The monoisotopic (exact) mass is 417 g/mol. The molecule has 0 aliphatic carbocycles. The molecule has 0 saturated carbocycles. The van der Waals surface area contributed by atoms with Gasteiger partial charge in [0.05, 0.1) is 18.0 Å². The van der Waals surface area contributed by atoms with Crippen LogP contribution >= 0.6 is 0 Å². The zero-order valence-corrected chi connectivity index (χ0v) is 18.5. The van der Waals surface area contributed by atoms with Gasteiger partial charge in [0.2, 0.25) is 0 Å². The highest BCUT2D eigenvalue weighted by Gasteiger charge is 2.10. The molecular formula is C22H31N3O3S. The fourth-order valence-electron chi connectivity index (χ4n) is 3.06. The Balaban J connectivity index is 2.01. The van der Waals surface area contributed by atoms with Gasteiger partial charge >= 0.3 is 0 Å². The average molecular weight is 418 g/mol.